The highest BCUT2D eigenvalue weighted by Gasteiger charge is 2.23. The van der Waals surface area contributed by atoms with Gasteiger partial charge < -0.3 is 10.6 Å². The third-order valence-corrected chi connectivity index (χ3v) is 7.41. The lowest BCUT2D eigenvalue weighted by Crippen LogP contribution is -2.19. The normalized spacial score (nSPS) is 11.5. The third kappa shape index (κ3) is 5.68. The predicted octanol–water partition coefficient (Wildman–Crippen LogP) is 7.24. The second-order valence-electron chi connectivity index (χ2n) is 6.83. The van der Waals surface area contributed by atoms with Crippen molar-refractivity contribution in [2.75, 3.05) is 10.6 Å². The molecular weight excluding hydrogens is 504 g/mol. The van der Waals surface area contributed by atoms with Crippen LogP contribution in [0.5, 0.6) is 0 Å². The largest absolute Gasteiger partial charge is 0.324 e. The Morgan fingerprint density at radius 2 is 1.53 bits per heavy atom. The molecule has 0 bridgehead atoms. The average molecular weight is 523 g/mol. The number of amides is 2. The molecule has 0 saturated heterocycles. The number of anilines is 2. The number of hydrogen-bond acceptors (Lipinski definition) is 4. The van der Waals surface area contributed by atoms with Crippen LogP contribution >= 0.6 is 39.0 Å². The fourth-order valence-electron chi connectivity index (χ4n) is 3.01. The summed E-state index contributed by atoms with van der Waals surface area (Å²) in [5, 5.41) is 7.35. The first-order valence-electron chi connectivity index (χ1n) is 9.82. The van der Waals surface area contributed by atoms with Gasteiger partial charge in [0.25, 0.3) is 5.91 Å². The fourth-order valence-corrected chi connectivity index (χ4v) is 5.04. The summed E-state index contributed by atoms with van der Waals surface area (Å²) in [4.78, 5) is 27.0. The summed E-state index contributed by atoms with van der Waals surface area (Å²) in [6, 6.07) is 28.4. The number of nitrogens with one attached hydrogen (secondary N) is 2. The summed E-state index contributed by atoms with van der Waals surface area (Å²) in [5.74, 6) is -0.237. The van der Waals surface area contributed by atoms with Crippen molar-refractivity contribution in [1.82, 2.24) is 0 Å². The molecule has 1 aromatic heterocycles. The maximum atomic E-state index is 13.2. The van der Waals surface area contributed by atoms with Crippen molar-refractivity contribution in [3.63, 3.8) is 0 Å². The van der Waals surface area contributed by atoms with Crippen molar-refractivity contribution in [2.24, 2.45) is 0 Å². The summed E-state index contributed by atoms with van der Waals surface area (Å²) >= 11 is 6.35. The lowest BCUT2D eigenvalue weighted by molar-refractivity contribution is -0.115. The average Bonchev–Trinajstić information content (AvgIpc) is 3.36. The molecule has 32 heavy (non-hydrogen) atoms. The summed E-state index contributed by atoms with van der Waals surface area (Å²) < 4.78 is 0.830. The van der Waals surface area contributed by atoms with Gasteiger partial charge in [0.15, 0.2) is 0 Å². The van der Waals surface area contributed by atoms with Crippen molar-refractivity contribution < 1.29 is 9.59 Å². The molecule has 4 rings (SSSR count). The molecule has 0 aliphatic heterocycles. The minimum atomic E-state index is -0.435. The van der Waals surface area contributed by atoms with Crippen molar-refractivity contribution in [2.45, 2.75) is 10.1 Å². The Morgan fingerprint density at radius 3 is 2.22 bits per heavy atom. The number of hydrogen-bond donors (Lipinski definition) is 2. The van der Waals surface area contributed by atoms with Crippen LogP contribution in [0.2, 0.25) is 0 Å². The zero-order valence-electron chi connectivity index (χ0n) is 16.8. The fraction of sp³-hybridized carbons (Fsp3) is 0.0400. The molecule has 7 heteroatoms. The first kappa shape index (κ1) is 22.3. The van der Waals surface area contributed by atoms with Gasteiger partial charge >= 0.3 is 0 Å². The maximum absolute atomic E-state index is 13.2. The standard InChI is InChI=1S/C25H19BrN2O2S2/c26-20-9-4-5-10-21(20)28-25(30)23(17-7-2-1-3-8-17)32-19-14-12-18(13-15-19)27-24(29)22-11-6-16-31-22/h1-16,23H,(H,27,29)(H,28,30). The van der Waals surface area contributed by atoms with E-state index in [0.717, 1.165) is 20.6 Å². The van der Waals surface area contributed by atoms with Gasteiger partial charge in [0.05, 0.1) is 10.6 Å². The topological polar surface area (TPSA) is 58.2 Å². The Labute approximate surface area is 203 Å². The molecule has 0 aliphatic carbocycles. The van der Waals surface area contributed by atoms with Crippen LogP contribution in [-0.4, -0.2) is 11.8 Å². The van der Waals surface area contributed by atoms with Crippen molar-refractivity contribution in [3.05, 3.63) is 111 Å². The molecule has 2 N–H and O–H groups in total. The number of halogens is 1. The molecule has 1 atom stereocenters. The highest BCUT2D eigenvalue weighted by Crippen LogP contribution is 2.37. The van der Waals surface area contributed by atoms with Gasteiger partial charge in [0.2, 0.25) is 5.91 Å². The number of rotatable bonds is 7. The minimum absolute atomic E-state index is 0.108. The van der Waals surface area contributed by atoms with Crippen molar-refractivity contribution in [1.29, 1.82) is 0 Å². The monoisotopic (exact) mass is 522 g/mol. The number of para-hydroxylation sites is 1. The smallest absolute Gasteiger partial charge is 0.265 e. The van der Waals surface area contributed by atoms with E-state index in [2.05, 4.69) is 26.6 Å². The lowest BCUT2D eigenvalue weighted by Gasteiger charge is -2.18. The van der Waals surface area contributed by atoms with Crippen LogP contribution in [-0.2, 0) is 4.79 Å². The summed E-state index contributed by atoms with van der Waals surface area (Å²) in [5.41, 5.74) is 2.35. The van der Waals surface area contributed by atoms with Crippen LogP contribution in [0.4, 0.5) is 11.4 Å². The number of thiophene rings is 1. The molecule has 0 fully saturated rings. The number of thioether (sulfide) groups is 1. The molecular formula is C25H19BrN2O2S2. The summed E-state index contributed by atoms with van der Waals surface area (Å²) in [6.45, 7) is 0. The van der Waals surface area contributed by atoms with E-state index in [0.29, 0.717) is 10.6 Å². The second kappa shape index (κ2) is 10.6. The van der Waals surface area contributed by atoms with E-state index in [4.69, 9.17) is 0 Å². The molecule has 0 radical (unpaired) electrons. The number of benzene rings is 3. The van der Waals surface area contributed by atoms with Crippen LogP contribution in [0.25, 0.3) is 0 Å². The van der Waals surface area contributed by atoms with Gasteiger partial charge in [-0.3, -0.25) is 9.59 Å². The molecule has 0 saturated carbocycles. The quantitative estimate of drug-likeness (QED) is 0.251. The van der Waals surface area contributed by atoms with Crippen LogP contribution in [0.15, 0.2) is 106 Å². The first-order chi connectivity index (χ1) is 15.6. The van der Waals surface area contributed by atoms with Gasteiger partial charge in [-0.1, -0.05) is 48.5 Å². The van der Waals surface area contributed by atoms with Gasteiger partial charge in [0, 0.05) is 15.1 Å². The molecule has 0 spiro atoms. The maximum Gasteiger partial charge on any atom is 0.265 e. The van der Waals surface area contributed by atoms with E-state index in [-0.39, 0.29) is 11.8 Å². The predicted molar refractivity (Wildman–Crippen MR) is 137 cm³/mol. The second-order valence-corrected chi connectivity index (χ2v) is 9.81. The molecule has 160 valence electrons. The van der Waals surface area contributed by atoms with Crippen LogP contribution < -0.4 is 10.6 Å². The molecule has 1 unspecified atom stereocenters. The van der Waals surface area contributed by atoms with Crippen LogP contribution in [0.3, 0.4) is 0 Å². The number of carbonyl (C=O) groups excluding carboxylic acids is 2. The Kier molecular flexibility index (Phi) is 7.42. The van der Waals surface area contributed by atoms with Crippen LogP contribution in [0, 0.1) is 0 Å². The third-order valence-electron chi connectivity index (χ3n) is 4.58. The highest BCUT2D eigenvalue weighted by atomic mass is 79.9. The molecule has 4 aromatic rings. The number of carbonyl (C=O) groups is 2. The molecule has 4 nitrogen and oxygen atoms in total. The van der Waals surface area contributed by atoms with E-state index in [1.807, 2.05) is 90.3 Å². The summed E-state index contributed by atoms with van der Waals surface area (Å²) in [6.07, 6.45) is 0. The van der Waals surface area contributed by atoms with E-state index in [9.17, 15) is 9.59 Å². The lowest BCUT2D eigenvalue weighted by atomic mass is 10.1. The van der Waals surface area contributed by atoms with Crippen LogP contribution in [0.1, 0.15) is 20.5 Å². The van der Waals surface area contributed by atoms with Crippen molar-refractivity contribution in [3.8, 4) is 0 Å². The Balaban J connectivity index is 1.50. The Bertz CT molecular complexity index is 1200. The first-order valence-corrected chi connectivity index (χ1v) is 12.4. The van der Waals surface area contributed by atoms with Gasteiger partial charge in [-0.25, -0.2) is 0 Å². The Hall–Kier alpha value is -2.87. The van der Waals surface area contributed by atoms with E-state index in [1.54, 1.807) is 6.07 Å². The van der Waals surface area contributed by atoms with Gasteiger partial charge in [-0.05, 0) is 69.3 Å². The zero-order chi connectivity index (χ0) is 22.3. The van der Waals surface area contributed by atoms with Gasteiger partial charge in [-0.2, -0.15) is 0 Å². The molecule has 0 aliphatic rings. The molecule has 3 aromatic carbocycles. The SMILES string of the molecule is O=C(Nc1ccc(SC(C(=O)Nc2ccccc2Br)c2ccccc2)cc1)c1cccs1. The van der Waals surface area contributed by atoms with Crippen molar-refractivity contribution >= 4 is 62.2 Å². The molecule has 1 heterocycles. The van der Waals surface area contributed by atoms with E-state index >= 15 is 0 Å². The van der Waals surface area contributed by atoms with Gasteiger partial charge in [-0.15, -0.1) is 23.1 Å². The molecule has 2 amide bonds. The highest BCUT2D eigenvalue weighted by molar-refractivity contribution is 9.10. The summed E-state index contributed by atoms with van der Waals surface area (Å²) in [7, 11) is 0. The zero-order valence-corrected chi connectivity index (χ0v) is 20.0. The van der Waals surface area contributed by atoms with E-state index < -0.39 is 5.25 Å². The minimum Gasteiger partial charge on any atom is -0.324 e. The van der Waals surface area contributed by atoms with Gasteiger partial charge in [0.1, 0.15) is 5.25 Å². The Morgan fingerprint density at radius 1 is 0.812 bits per heavy atom. The van der Waals surface area contributed by atoms with E-state index in [1.165, 1.54) is 23.1 Å².